The Morgan fingerprint density at radius 1 is 1.21 bits per heavy atom. The summed E-state index contributed by atoms with van der Waals surface area (Å²) < 4.78 is 33.7. The number of ether oxygens (including phenoxy) is 1. The number of anilines is 1. The summed E-state index contributed by atoms with van der Waals surface area (Å²) in [6, 6.07) is 5.14. The summed E-state index contributed by atoms with van der Waals surface area (Å²) in [6.07, 6.45) is 0.657. The lowest BCUT2D eigenvalue weighted by molar-refractivity contribution is -0.119. The van der Waals surface area contributed by atoms with Crippen LogP contribution in [0.15, 0.2) is 29.2 Å². The van der Waals surface area contributed by atoms with Crippen molar-refractivity contribution in [2.45, 2.75) is 45.1 Å². The van der Waals surface area contributed by atoms with Gasteiger partial charge in [-0.25, -0.2) is 17.9 Å². The third-order valence-corrected chi connectivity index (χ3v) is 6.08. The van der Waals surface area contributed by atoms with E-state index in [1.807, 2.05) is 13.8 Å². The lowest BCUT2D eigenvalue weighted by Gasteiger charge is -2.12. The predicted octanol–water partition coefficient (Wildman–Crippen LogP) is 1.91. The van der Waals surface area contributed by atoms with Gasteiger partial charge >= 0.3 is 5.97 Å². The van der Waals surface area contributed by atoms with E-state index in [0.717, 1.165) is 5.69 Å². The molecule has 0 aliphatic heterocycles. The van der Waals surface area contributed by atoms with Crippen LogP contribution in [0.3, 0.4) is 0 Å². The van der Waals surface area contributed by atoms with Crippen molar-refractivity contribution >= 4 is 27.6 Å². The van der Waals surface area contributed by atoms with Crippen molar-refractivity contribution in [3.05, 3.63) is 41.2 Å². The number of esters is 1. The van der Waals surface area contributed by atoms with Crippen LogP contribution >= 0.6 is 0 Å². The molecule has 0 unspecified atom stereocenters. The molecule has 0 saturated heterocycles. The molecule has 29 heavy (non-hydrogen) atoms. The highest BCUT2D eigenvalue weighted by molar-refractivity contribution is 7.89. The Labute approximate surface area is 170 Å². The molecule has 1 aromatic heterocycles. The zero-order chi connectivity index (χ0) is 21.8. The molecule has 0 aliphatic rings. The van der Waals surface area contributed by atoms with E-state index in [9.17, 15) is 18.0 Å². The van der Waals surface area contributed by atoms with Crippen molar-refractivity contribution in [2.24, 2.45) is 7.05 Å². The van der Waals surface area contributed by atoms with Crippen molar-refractivity contribution in [3.8, 4) is 0 Å². The maximum absolute atomic E-state index is 12.2. The number of aromatic nitrogens is 2. The number of hydrogen-bond acceptors (Lipinski definition) is 6. The van der Waals surface area contributed by atoms with Gasteiger partial charge in [-0.3, -0.25) is 9.48 Å². The summed E-state index contributed by atoms with van der Waals surface area (Å²) in [5.41, 5.74) is 2.17. The predicted molar refractivity (Wildman–Crippen MR) is 108 cm³/mol. The largest absolute Gasteiger partial charge is 0.452 e. The quantitative estimate of drug-likeness (QED) is 0.627. The first-order valence-corrected chi connectivity index (χ1v) is 10.6. The van der Waals surface area contributed by atoms with Crippen molar-refractivity contribution < 1.29 is 22.7 Å². The molecule has 0 spiro atoms. The summed E-state index contributed by atoms with van der Waals surface area (Å²) in [4.78, 5) is 24.3. The van der Waals surface area contributed by atoms with Crippen LogP contribution in [0.1, 0.15) is 42.0 Å². The number of amides is 1. The van der Waals surface area contributed by atoms with Crippen LogP contribution in [0.5, 0.6) is 0 Å². The zero-order valence-electron chi connectivity index (χ0n) is 17.1. The fraction of sp³-hybridized carbons (Fsp3) is 0.421. The van der Waals surface area contributed by atoms with Gasteiger partial charge in [-0.05, 0) is 51.5 Å². The number of hydrogen-bond donors (Lipinski definition) is 2. The van der Waals surface area contributed by atoms with Crippen LogP contribution in [-0.4, -0.2) is 42.7 Å². The molecular formula is C19H26N4O5S. The molecule has 2 rings (SSSR count). The summed E-state index contributed by atoms with van der Waals surface area (Å²) in [5.74, 6) is -1.21. The first kappa shape index (κ1) is 22.6. The Balaban J connectivity index is 1.96. The number of rotatable bonds is 8. The van der Waals surface area contributed by atoms with E-state index in [4.69, 9.17) is 4.74 Å². The highest BCUT2D eigenvalue weighted by atomic mass is 32.2. The number of nitrogens with one attached hydrogen (secondary N) is 2. The minimum absolute atomic E-state index is 0.0506. The Morgan fingerprint density at radius 3 is 2.34 bits per heavy atom. The van der Waals surface area contributed by atoms with E-state index in [0.29, 0.717) is 17.8 Å². The standard InChI is InChI=1S/C19H26N4O5S/c1-6-12(2)22-29(26,27)16-9-7-15(8-10-16)19(25)28-11-17(24)20-18-13(3)21-23(5)14(18)4/h7-10,12,22H,6,11H2,1-5H3,(H,20,24)/t12-/m1/s1. The maximum atomic E-state index is 12.2. The molecule has 9 nitrogen and oxygen atoms in total. The van der Waals surface area contributed by atoms with Gasteiger partial charge in [0.05, 0.1) is 27.5 Å². The van der Waals surface area contributed by atoms with Crippen LogP contribution in [0.4, 0.5) is 5.69 Å². The molecule has 0 saturated carbocycles. The Kier molecular flexibility index (Phi) is 7.15. The number of nitrogens with zero attached hydrogens (tertiary/aromatic N) is 2. The lowest BCUT2D eigenvalue weighted by atomic mass is 10.2. The van der Waals surface area contributed by atoms with Crippen molar-refractivity contribution in [1.29, 1.82) is 0 Å². The van der Waals surface area contributed by atoms with Crippen LogP contribution in [0, 0.1) is 13.8 Å². The molecule has 0 aliphatic carbocycles. The van der Waals surface area contributed by atoms with Crippen LogP contribution in [0.25, 0.3) is 0 Å². The number of carbonyl (C=O) groups is 2. The highest BCUT2D eigenvalue weighted by Gasteiger charge is 2.18. The maximum Gasteiger partial charge on any atom is 0.338 e. The van der Waals surface area contributed by atoms with E-state index >= 15 is 0 Å². The minimum Gasteiger partial charge on any atom is -0.452 e. The lowest BCUT2D eigenvalue weighted by Crippen LogP contribution is -2.32. The SMILES string of the molecule is CC[C@@H](C)NS(=O)(=O)c1ccc(C(=O)OCC(=O)Nc2c(C)nn(C)c2C)cc1. The van der Waals surface area contributed by atoms with E-state index in [-0.39, 0.29) is 16.5 Å². The van der Waals surface area contributed by atoms with Crippen LogP contribution in [-0.2, 0) is 26.6 Å². The minimum atomic E-state index is -3.65. The van der Waals surface area contributed by atoms with Gasteiger partial charge < -0.3 is 10.1 Å². The first-order valence-electron chi connectivity index (χ1n) is 9.14. The highest BCUT2D eigenvalue weighted by Crippen LogP contribution is 2.18. The number of carbonyl (C=O) groups excluding carboxylic acids is 2. The van der Waals surface area contributed by atoms with Gasteiger partial charge in [0.2, 0.25) is 10.0 Å². The zero-order valence-corrected chi connectivity index (χ0v) is 18.0. The molecule has 158 valence electrons. The third kappa shape index (κ3) is 5.64. The molecular weight excluding hydrogens is 396 g/mol. The van der Waals surface area contributed by atoms with Gasteiger partial charge in [0.1, 0.15) is 0 Å². The molecule has 1 amide bonds. The molecule has 0 radical (unpaired) electrons. The first-order chi connectivity index (χ1) is 13.5. The van der Waals surface area contributed by atoms with E-state index in [1.165, 1.54) is 24.3 Å². The van der Waals surface area contributed by atoms with Gasteiger partial charge in [0.25, 0.3) is 5.91 Å². The summed E-state index contributed by atoms with van der Waals surface area (Å²) >= 11 is 0. The molecule has 1 heterocycles. The van der Waals surface area contributed by atoms with Crippen LogP contribution in [0.2, 0.25) is 0 Å². The van der Waals surface area contributed by atoms with Crippen molar-refractivity contribution in [1.82, 2.24) is 14.5 Å². The van der Waals surface area contributed by atoms with E-state index < -0.39 is 28.5 Å². The second-order valence-electron chi connectivity index (χ2n) is 6.75. The molecule has 10 heteroatoms. The third-order valence-electron chi connectivity index (χ3n) is 4.48. The molecule has 2 aromatic rings. The van der Waals surface area contributed by atoms with Gasteiger partial charge in [-0.15, -0.1) is 0 Å². The average Bonchev–Trinajstić information content (AvgIpc) is 2.91. The van der Waals surface area contributed by atoms with Gasteiger partial charge in [-0.1, -0.05) is 6.92 Å². The fourth-order valence-corrected chi connectivity index (χ4v) is 3.86. The average molecular weight is 423 g/mol. The molecule has 1 aromatic carbocycles. The smallest absolute Gasteiger partial charge is 0.338 e. The summed E-state index contributed by atoms with van der Waals surface area (Å²) in [7, 11) is -1.89. The number of sulfonamides is 1. The fourth-order valence-electron chi connectivity index (χ4n) is 2.53. The second-order valence-corrected chi connectivity index (χ2v) is 8.46. The van der Waals surface area contributed by atoms with E-state index in [2.05, 4.69) is 15.1 Å². The van der Waals surface area contributed by atoms with Gasteiger partial charge in [0, 0.05) is 13.1 Å². The van der Waals surface area contributed by atoms with Crippen molar-refractivity contribution in [3.63, 3.8) is 0 Å². The normalized spacial score (nSPS) is 12.4. The number of benzene rings is 1. The second kappa shape index (κ2) is 9.19. The van der Waals surface area contributed by atoms with Gasteiger partial charge in [-0.2, -0.15) is 5.10 Å². The number of aryl methyl sites for hydroxylation is 2. The topological polar surface area (TPSA) is 119 Å². The Morgan fingerprint density at radius 2 is 1.83 bits per heavy atom. The monoisotopic (exact) mass is 422 g/mol. The molecule has 2 N–H and O–H groups in total. The summed E-state index contributed by atoms with van der Waals surface area (Å²) in [6.45, 7) is 6.75. The molecule has 1 atom stereocenters. The Bertz CT molecular complexity index is 996. The molecule has 0 bridgehead atoms. The van der Waals surface area contributed by atoms with Crippen LogP contribution < -0.4 is 10.0 Å². The van der Waals surface area contributed by atoms with Gasteiger partial charge in [0.15, 0.2) is 6.61 Å². The van der Waals surface area contributed by atoms with E-state index in [1.54, 1.807) is 25.6 Å². The van der Waals surface area contributed by atoms with Crippen molar-refractivity contribution in [2.75, 3.05) is 11.9 Å². The molecule has 0 fully saturated rings. The summed E-state index contributed by atoms with van der Waals surface area (Å²) in [5, 5.41) is 6.87. The Hall–Kier alpha value is -2.72.